The fraction of sp³-hybridized carbons (Fsp3) is 0.214. The smallest absolute Gasteiger partial charge is 0.208 e. The average Bonchev–Trinajstić information content (AvgIpc) is 2.91. The van der Waals surface area contributed by atoms with Gasteiger partial charge in [-0.2, -0.15) is 0 Å². The van der Waals surface area contributed by atoms with Crippen LogP contribution in [0, 0.1) is 5.41 Å². The minimum absolute atomic E-state index is 0. The molecule has 9 heteroatoms. The SMILES string of the molecule is C.COc1cc(Br)cc(S(=O)(=O)c2cc(C(=N)N)sc2SC)c1. The lowest BCUT2D eigenvalue weighted by molar-refractivity contribution is 0.413. The Hall–Kier alpha value is -1.03. The molecule has 0 atom stereocenters. The van der Waals surface area contributed by atoms with Crippen LogP contribution in [-0.4, -0.2) is 27.6 Å². The van der Waals surface area contributed by atoms with Gasteiger partial charge in [-0.1, -0.05) is 23.4 Å². The highest BCUT2D eigenvalue weighted by Gasteiger charge is 2.25. The van der Waals surface area contributed by atoms with Gasteiger partial charge in [0.1, 0.15) is 11.6 Å². The quantitative estimate of drug-likeness (QED) is 0.419. The third-order valence-corrected chi connectivity index (χ3v) is 7.57. The molecule has 1 aromatic carbocycles. The van der Waals surface area contributed by atoms with E-state index in [1.54, 1.807) is 12.3 Å². The van der Waals surface area contributed by atoms with Crippen LogP contribution in [0.15, 0.2) is 42.7 Å². The van der Waals surface area contributed by atoms with Gasteiger partial charge in [0.25, 0.3) is 0 Å². The van der Waals surface area contributed by atoms with Crippen molar-refractivity contribution in [3.63, 3.8) is 0 Å². The Labute approximate surface area is 152 Å². The summed E-state index contributed by atoms with van der Waals surface area (Å²) < 4.78 is 32.1. The normalized spacial score (nSPS) is 10.9. The molecule has 0 unspecified atom stereocenters. The van der Waals surface area contributed by atoms with Crippen molar-refractivity contribution in [2.24, 2.45) is 5.73 Å². The van der Waals surface area contributed by atoms with Crippen LogP contribution >= 0.6 is 39.0 Å². The molecule has 23 heavy (non-hydrogen) atoms. The molecule has 0 bridgehead atoms. The lowest BCUT2D eigenvalue weighted by Gasteiger charge is -2.07. The largest absolute Gasteiger partial charge is 0.497 e. The van der Waals surface area contributed by atoms with Crippen LogP contribution in [0.1, 0.15) is 12.3 Å². The molecule has 3 N–H and O–H groups in total. The minimum Gasteiger partial charge on any atom is -0.497 e. The molecule has 0 radical (unpaired) electrons. The molecule has 1 aromatic heterocycles. The highest BCUT2D eigenvalue weighted by molar-refractivity contribution is 9.10. The van der Waals surface area contributed by atoms with E-state index < -0.39 is 9.84 Å². The van der Waals surface area contributed by atoms with E-state index >= 15 is 0 Å². The summed E-state index contributed by atoms with van der Waals surface area (Å²) in [7, 11) is -2.25. The fourth-order valence-electron chi connectivity index (χ4n) is 1.76. The maximum absolute atomic E-state index is 12.9. The number of benzene rings is 1. The van der Waals surface area contributed by atoms with Gasteiger partial charge in [-0.25, -0.2) is 8.42 Å². The second-order valence-corrected chi connectivity index (χ2v) is 9.17. The van der Waals surface area contributed by atoms with Crippen LogP contribution in [0.2, 0.25) is 0 Å². The van der Waals surface area contributed by atoms with E-state index in [9.17, 15) is 8.42 Å². The zero-order valence-electron chi connectivity index (χ0n) is 11.7. The maximum Gasteiger partial charge on any atom is 0.208 e. The van der Waals surface area contributed by atoms with Crippen LogP contribution in [0.5, 0.6) is 5.75 Å². The number of hydrogen-bond donors (Lipinski definition) is 2. The Balaban J connectivity index is 0.00000264. The molecule has 0 aliphatic heterocycles. The number of nitrogens with one attached hydrogen (secondary N) is 1. The van der Waals surface area contributed by atoms with Gasteiger partial charge in [0.2, 0.25) is 9.84 Å². The average molecular weight is 437 g/mol. The standard InChI is InChI=1S/C13H13BrN2O3S3.CH4/c1-19-8-3-7(14)4-9(5-8)22(17,18)11-6-10(12(15)16)21-13(11)20-2;/h3-6H,1-2H3,(H3,15,16);1H4. The summed E-state index contributed by atoms with van der Waals surface area (Å²) in [4.78, 5) is 0.724. The molecule has 2 rings (SSSR count). The summed E-state index contributed by atoms with van der Waals surface area (Å²) in [6, 6.07) is 6.12. The van der Waals surface area contributed by atoms with Crippen molar-refractivity contribution in [3.8, 4) is 5.75 Å². The molecule has 0 saturated heterocycles. The first-order valence-corrected chi connectivity index (χ1v) is 10.2. The summed E-state index contributed by atoms with van der Waals surface area (Å²) in [6.07, 6.45) is 1.79. The van der Waals surface area contributed by atoms with Crippen LogP contribution < -0.4 is 10.5 Å². The van der Waals surface area contributed by atoms with Crippen molar-refractivity contribution in [2.45, 2.75) is 21.4 Å². The minimum atomic E-state index is -3.72. The van der Waals surface area contributed by atoms with Gasteiger partial charge in [-0.3, -0.25) is 5.41 Å². The number of thioether (sulfide) groups is 1. The molecular weight excluding hydrogens is 420 g/mol. The second-order valence-electron chi connectivity index (χ2n) is 4.21. The van der Waals surface area contributed by atoms with Gasteiger partial charge in [0.05, 0.1) is 26.0 Å². The zero-order chi connectivity index (χ0) is 16.5. The lowest BCUT2D eigenvalue weighted by Crippen LogP contribution is -2.08. The fourth-order valence-corrected chi connectivity index (χ4v) is 6.30. The van der Waals surface area contributed by atoms with Gasteiger partial charge in [0, 0.05) is 4.47 Å². The van der Waals surface area contributed by atoms with Gasteiger partial charge < -0.3 is 10.5 Å². The first kappa shape index (κ1) is 20.0. The van der Waals surface area contributed by atoms with Gasteiger partial charge >= 0.3 is 0 Å². The summed E-state index contributed by atoms with van der Waals surface area (Å²) >= 11 is 5.79. The molecular formula is C14H17BrN2O3S3. The van der Waals surface area contributed by atoms with Gasteiger partial charge in [0.15, 0.2) is 0 Å². The monoisotopic (exact) mass is 436 g/mol. The molecule has 0 spiro atoms. The first-order valence-electron chi connectivity index (χ1n) is 5.91. The Morgan fingerprint density at radius 1 is 1.35 bits per heavy atom. The summed E-state index contributed by atoms with van der Waals surface area (Å²) in [5, 5.41) is 7.48. The molecule has 1 heterocycles. The Morgan fingerprint density at radius 2 is 2.00 bits per heavy atom. The number of rotatable bonds is 5. The number of ether oxygens (including phenoxy) is 1. The predicted octanol–water partition coefficient (Wildman–Crippen LogP) is 3.99. The number of hydrogen-bond acceptors (Lipinski definition) is 6. The zero-order valence-corrected chi connectivity index (χ0v) is 15.7. The molecule has 0 aliphatic rings. The molecule has 0 fully saturated rings. The number of methoxy groups -OCH3 is 1. The molecule has 0 amide bonds. The first-order chi connectivity index (χ1) is 10.3. The van der Waals surface area contributed by atoms with Crippen molar-refractivity contribution in [3.05, 3.63) is 33.6 Å². The summed E-state index contributed by atoms with van der Waals surface area (Å²) in [5.74, 6) is 0.300. The number of nitrogens with two attached hydrogens (primary N) is 1. The molecule has 0 saturated carbocycles. The van der Waals surface area contributed by atoms with Crippen LogP contribution in [-0.2, 0) is 9.84 Å². The van der Waals surface area contributed by atoms with Crippen molar-refractivity contribution >= 4 is 54.7 Å². The van der Waals surface area contributed by atoms with Crippen molar-refractivity contribution in [2.75, 3.05) is 13.4 Å². The third kappa shape index (κ3) is 4.09. The topological polar surface area (TPSA) is 93.2 Å². The Kier molecular flexibility index (Phi) is 6.70. The van der Waals surface area contributed by atoms with Crippen molar-refractivity contribution < 1.29 is 13.2 Å². The highest BCUT2D eigenvalue weighted by atomic mass is 79.9. The maximum atomic E-state index is 12.9. The van der Waals surface area contributed by atoms with E-state index in [1.807, 2.05) is 0 Å². The molecule has 5 nitrogen and oxygen atoms in total. The second kappa shape index (κ2) is 7.69. The highest BCUT2D eigenvalue weighted by Crippen LogP contribution is 2.38. The molecule has 2 aromatic rings. The van der Waals surface area contributed by atoms with Crippen LogP contribution in [0.25, 0.3) is 0 Å². The van der Waals surface area contributed by atoms with Crippen LogP contribution in [0.3, 0.4) is 0 Å². The Morgan fingerprint density at radius 3 is 2.52 bits per heavy atom. The molecule has 0 aliphatic carbocycles. The van der Waals surface area contributed by atoms with E-state index in [-0.39, 0.29) is 23.1 Å². The molecule has 126 valence electrons. The van der Waals surface area contributed by atoms with Crippen LogP contribution in [0.4, 0.5) is 0 Å². The predicted molar refractivity (Wildman–Crippen MR) is 100.0 cm³/mol. The number of sulfone groups is 1. The van der Waals surface area contributed by atoms with Crippen molar-refractivity contribution in [1.29, 1.82) is 5.41 Å². The Bertz CT molecular complexity index is 832. The van der Waals surface area contributed by atoms with E-state index in [0.29, 0.717) is 19.3 Å². The number of thiophene rings is 1. The van der Waals surface area contributed by atoms with E-state index in [1.165, 1.54) is 48.4 Å². The van der Waals surface area contributed by atoms with E-state index in [0.717, 1.165) is 0 Å². The third-order valence-electron chi connectivity index (χ3n) is 2.80. The van der Waals surface area contributed by atoms with Gasteiger partial charge in [-0.15, -0.1) is 23.1 Å². The van der Waals surface area contributed by atoms with Crippen molar-refractivity contribution in [1.82, 2.24) is 0 Å². The number of amidine groups is 1. The summed E-state index contributed by atoms with van der Waals surface area (Å²) in [6.45, 7) is 0. The number of halogens is 1. The summed E-state index contributed by atoms with van der Waals surface area (Å²) in [5.41, 5.74) is 5.46. The number of nitrogen functional groups attached to an aromatic ring is 1. The lowest BCUT2D eigenvalue weighted by atomic mass is 10.3. The van der Waals surface area contributed by atoms with E-state index in [2.05, 4.69) is 15.9 Å². The van der Waals surface area contributed by atoms with E-state index in [4.69, 9.17) is 15.9 Å². The van der Waals surface area contributed by atoms with Gasteiger partial charge in [-0.05, 0) is 30.5 Å².